The first-order valence-corrected chi connectivity index (χ1v) is 5.24. The molecule has 0 fully saturated rings. The maximum atomic E-state index is 11.4. The highest BCUT2D eigenvalue weighted by molar-refractivity contribution is 7.89. The molecule has 1 aromatic heterocycles. The second-order valence-corrected chi connectivity index (χ2v) is 4.19. The van der Waals surface area contributed by atoms with Crippen LogP contribution in [-0.2, 0) is 17.1 Å². The zero-order chi connectivity index (χ0) is 9.90. The van der Waals surface area contributed by atoms with Crippen molar-refractivity contribution in [1.82, 2.24) is 14.5 Å². The highest BCUT2D eigenvalue weighted by Crippen LogP contribution is 2.04. The molecule has 0 unspecified atom stereocenters. The monoisotopic (exact) mass is 240 g/mol. The molecule has 1 heterocycles. The minimum absolute atomic E-state index is 0. The predicted octanol–water partition coefficient (Wildman–Crippen LogP) is -0.921. The molecule has 0 radical (unpaired) electrons. The van der Waals surface area contributed by atoms with E-state index in [-0.39, 0.29) is 30.5 Å². The standard InChI is InChI=1S/C6H12N4O2S.ClH/c1-10-6(2-4-8-10)13(11,12)9-5-3-7;/h2,4,9H,3,5,7H2,1H3;1H. The van der Waals surface area contributed by atoms with Crippen LogP contribution in [0.5, 0.6) is 0 Å². The number of nitrogens with zero attached hydrogens (tertiary/aromatic N) is 2. The Morgan fingerprint density at radius 3 is 2.71 bits per heavy atom. The second kappa shape index (κ2) is 5.30. The first-order valence-electron chi connectivity index (χ1n) is 3.75. The first kappa shape index (κ1) is 13.4. The van der Waals surface area contributed by atoms with Crippen molar-refractivity contribution in [3.8, 4) is 0 Å². The average Bonchev–Trinajstić information content (AvgIpc) is 2.48. The van der Waals surface area contributed by atoms with E-state index in [0.29, 0.717) is 0 Å². The zero-order valence-electron chi connectivity index (χ0n) is 7.67. The van der Waals surface area contributed by atoms with E-state index in [4.69, 9.17) is 5.73 Å². The molecule has 82 valence electrons. The number of nitrogens with one attached hydrogen (secondary N) is 1. The van der Waals surface area contributed by atoms with Crippen LogP contribution >= 0.6 is 12.4 Å². The van der Waals surface area contributed by atoms with Gasteiger partial charge in [0.15, 0.2) is 5.03 Å². The number of rotatable bonds is 4. The fraction of sp³-hybridized carbons (Fsp3) is 0.500. The quantitative estimate of drug-likeness (QED) is 0.712. The molecule has 0 aromatic carbocycles. The van der Waals surface area contributed by atoms with Gasteiger partial charge in [0, 0.05) is 20.1 Å². The van der Waals surface area contributed by atoms with Crippen molar-refractivity contribution in [3.05, 3.63) is 12.3 Å². The van der Waals surface area contributed by atoms with Gasteiger partial charge in [0.2, 0.25) is 0 Å². The lowest BCUT2D eigenvalue weighted by Gasteiger charge is -2.04. The minimum atomic E-state index is -3.44. The summed E-state index contributed by atoms with van der Waals surface area (Å²) in [5.41, 5.74) is 5.18. The van der Waals surface area contributed by atoms with Crippen LogP contribution in [-0.4, -0.2) is 31.3 Å². The Kier molecular flexibility index (Phi) is 5.06. The fourth-order valence-corrected chi connectivity index (χ4v) is 2.06. The van der Waals surface area contributed by atoms with Crippen molar-refractivity contribution in [3.63, 3.8) is 0 Å². The van der Waals surface area contributed by atoms with E-state index in [1.807, 2.05) is 0 Å². The average molecular weight is 241 g/mol. The van der Waals surface area contributed by atoms with Crippen LogP contribution in [0.2, 0.25) is 0 Å². The second-order valence-electron chi connectivity index (χ2n) is 2.48. The largest absolute Gasteiger partial charge is 0.329 e. The SMILES string of the molecule is Cl.Cn1nccc1S(=O)(=O)NCCN. The molecule has 8 heteroatoms. The lowest BCUT2D eigenvalue weighted by atomic mass is 10.7. The predicted molar refractivity (Wildman–Crippen MR) is 54.7 cm³/mol. The third-order valence-electron chi connectivity index (χ3n) is 1.49. The molecule has 0 aliphatic carbocycles. The minimum Gasteiger partial charge on any atom is -0.329 e. The summed E-state index contributed by atoms with van der Waals surface area (Å²) >= 11 is 0. The van der Waals surface area contributed by atoms with Crippen molar-refractivity contribution in [2.75, 3.05) is 13.1 Å². The van der Waals surface area contributed by atoms with Gasteiger partial charge in [-0.3, -0.25) is 4.68 Å². The highest BCUT2D eigenvalue weighted by Gasteiger charge is 2.16. The summed E-state index contributed by atoms with van der Waals surface area (Å²) in [6, 6.07) is 1.43. The van der Waals surface area contributed by atoms with Crippen LogP contribution in [0.3, 0.4) is 0 Å². The van der Waals surface area contributed by atoms with E-state index in [0.717, 1.165) is 0 Å². The van der Waals surface area contributed by atoms with Crippen molar-refractivity contribution >= 4 is 22.4 Å². The molecule has 1 rings (SSSR count). The maximum Gasteiger partial charge on any atom is 0.257 e. The number of hydrogen-bond acceptors (Lipinski definition) is 4. The van der Waals surface area contributed by atoms with Crippen molar-refractivity contribution in [2.24, 2.45) is 12.8 Å². The van der Waals surface area contributed by atoms with E-state index in [1.54, 1.807) is 7.05 Å². The van der Waals surface area contributed by atoms with Gasteiger partial charge in [0.05, 0.1) is 6.20 Å². The van der Waals surface area contributed by atoms with Gasteiger partial charge in [-0.2, -0.15) is 5.10 Å². The molecule has 0 spiro atoms. The van der Waals surface area contributed by atoms with Crippen LogP contribution in [0, 0.1) is 0 Å². The lowest BCUT2D eigenvalue weighted by molar-refractivity contribution is 0.563. The molecule has 3 N–H and O–H groups in total. The third-order valence-corrected chi connectivity index (χ3v) is 3.02. The summed E-state index contributed by atoms with van der Waals surface area (Å²) in [6.07, 6.45) is 1.43. The Bertz CT molecular complexity index is 375. The molecule has 0 aliphatic rings. The number of halogens is 1. The Labute approximate surface area is 88.9 Å². The zero-order valence-corrected chi connectivity index (χ0v) is 9.31. The maximum absolute atomic E-state index is 11.4. The smallest absolute Gasteiger partial charge is 0.257 e. The molecule has 0 bridgehead atoms. The Morgan fingerprint density at radius 2 is 2.29 bits per heavy atom. The molecule has 0 saturated carbocycles. The molecule has 6 nitrogen and oxygen atoms in total. The van der Waals surface area contributed by atoms with E-state index in [1.165, 1.54) is 16.9 Å². The normalized spacial score (nSPS) is 11.0. The summed E-state index contributed by atoms with van der Waals surface area (Å²) in [7, 11) is -1.87. The number of hydrogen-bond donors (Lipinski definition) is 2. The van der Waals surface area contributed by atoms with E-state index in [9.17, 15) is 8.42 Å². The molecule has 14 heavy (non-hydrogen) atoms. The molecule has 0 amide bonds. The van der Waals surface area contributed by atoms with E-state index >= 15 is 0 Å². The molecular weight excluding hydrogens is 228 g/mol. The van der Waals surface area contributed by atoms with Gasteiger partial charge in [-0.15, -0.1) is 12.4 Å². The number of aryl methyl sites for hydroxylation is 1. The topological polar surface area (TPSA) is 90.0 Å². The van der Waals surface area contributed by atoms with Crippen molar-refractivity contribution in [1.29, 1.82) is 0 Å². The summed E-state index contributed by atoms with van der Waals surface area (Å²) in [5, 5.41) is 3.90. The van der Waals surface area contributed by atoms with Crippen molar-refractivity contribution < 1.29 is 8.42 Å². The van der Waals surface area contributed by atoms with Gasteiger partial charge < -0.3 is 5.73 Å². The van der Waals surface area contributed by atoms with Gasteiger partial charge in [0.25, 0.3) is 10.0 Å². The first-order chi connectivity index (χ1) is 6.08. The van der Waals surface area contributed by atoms with Crippen LogP contribution in [0.4, 0.5) is 0 Å². The molecular formula is C6H13ClN4O2S. The van der Waals surface area contributed by atoms with Crippen LogP contribution in [0.15, 0.2) is 17.3 Å². The Hall–Kier alpha value is -0.630. The van der Waals surface area contributed by atoms with Crippen LogP contribution in [0.25, 0.3) is 0 Å². The van der Waals surface area contributed by atoms with E-state index in [2.05, 4.69) is 9.82 Å². The molecule has 0 saturated heterocycles. The fourth-order valence-electron chi connectivity index (χ4n) is 0.893. The summed E-state index contributed by atoms with van der Waals surface area (Å²) in [4.78, 5) is 0. The lowest BCUT2D eigenvalue weighted by Crippen LogP contribution is -2.30. The number of nitrogens with two attached hydrogens (primary N) is 1. The van der Waals surface area contributed by atoms with Gasteiger partial charge in [-0.25, -0.2) is 13.1 Å². The molecule has 0 atom stereocenters. The number of aromatic nitrogens is 2. The van der Waals surface area contributed by atoms with Gasteiger partial charge >= 0.3 is 0 Å². The van der Waals surface area contributed by atoms with Gasteiger partial charge in [-0.1, -0.05) is 0 Å². The summed E-state index contributed by atoms with van der Waals surface area (Å²) < 4.78 is 26.5. The number of sulfonamides is 1. The Morgan fingerprint density at radius 1 is 1.64 bits per heavy atom. The van der Waals surface area contributed by atoms with Gasteiger partial charge in [-0.05, 0) is 6.07 Å². The van der Waals surface area contributed by atoms with E-state index < -0.39 is 10.0 Å². The third kappa shape index (κ3) is 2.95. The molecule has 0 aliphatic heterocycles. The summed E-state index contributed by atoms with van der Waals surface area (Å²) in [6.45, 7) is 0.505. The van der Waals surface area contributed by atoms with Crippen LogP contribution in [0.1, 0.15) is 0 Å². The summed E-state index contributed by atoms with van der Waals surface area (Å²) in [5.74, 6) is 0. The van der Waals surface area contributed by atoms with Crippen LogP contribution < -0.4 is 10.5 Å². The van der Waals surface area contributed by atoms with Crippen molar-refractivity contribution in [2.45, 2.75) is 5.03 Å². The highest BCUT2D eigenvalue weighted by atomic mass is 35.5. The Balaban J connectivity index is 0.00000169. The molecule has 1 aromatic rings. The van der Waals surface area contributed by atoms with Gasteiger partial charge in [0.1, 0.15) is 0 Å².